The highest BCUT2D eigenvalue weighted by Gasteiger charge is 2.23. The monoisotopic (exact) mass is 257 g/mol. The summed E-state index contributed by atoms with van der Waals surface area (Å²) in [5.74, 6) is 1.20. The first kappa shape index (κ1) is 12.5. The summed E-state index contributed by atoms with van der Waals surface area (Å²) < 4.78 is 11.0. The Labute approximate surface area is 105 Å². The Kier molecular flexibility index (Phi) is 3.76. The Hall–Kier alpha value is -0.970. The zero-order chi connectivity index (χ0) is 12.4. The van der Waals surface area contributed by atoms with Crippen LogP contribution in [0.4, 0.5) is 0 Å². The van der Waals surface area contributed by atoms with Crippen LogP contribution in [-0.2, 0) is 6.42 Å². The SMILES string of the molecule is CCc1c(C(N)CO)cc2c(c1Cl)OCCO2. The second-order valence-corrected chi connectivity index (χ2v) is 4.30. The second kappa shape index (κ2) is 5.12. The molecule has 0 bridgehead atoms. The van der Waals surface area contributed by atoms with Crippen molar-refractivity contribution in [3.05, 3.63) is 22.2 Å². The fraction of sp³-hybridized carbons (Fsp3) is 0.500. The van der Waals surface area contributed by atoms with Crippen molar-refractivity contribution in [3.8, 4) is 11.5 Å². The lowest BCUT2D eigenvalue weighted by Crippen LogP contribution is -2.20. The summed E-state index contributed by atoms with van der Waals surface area (Å²) in [6.07, 6.45) is 0.735. The third-order valence-corrected chi connectivity index (χ3v) is 3.26. The summed E-state index contributed by atoms with van der Waals surface area (Å²) >= 11 is 6.29. The van der Waals surface area contributed by atoms with Gasteiger partial charge in [-0.15, -0.1) is 0 Å². The molecular weight excluding hydrogens is 242 g/mol. The van der Waals surface area contributed by atoms with Gasteiger partial charge in [-0.1, -0.05) is 18.5 Å². The van der Waals surface area contributed by atoms with E-state index >= 15 is 0 Å². The number of rotatable bonds is 3. The van der Waals surface area contributed by atoms with E-state index in [9.17, 15) is 0 Å². The first-order chi connectivity index (χ1) is 8.19. The number of ether oxygens (including phenoxy) is 2. The van der Waals surface area contributed by atoms with Gasteiger partial charge < -0.3 is 20.3 Å². The maximum atomic E-state index is 9.16. The molecule has 0 saturated heterocycles. The summed E-state index contributed by atoms with van der Waals surface area (Å²) in [5.41, 5.74) is 7.61. The van der Waals surface area contributed by atoms with Crippen LogP contribution in [0.1, 0.15) is 24.1 Å². The molecular formula is C12H16ClNO3. The molecule has 0 amide bonds. The van der Waals surface area contributed by atoms with Crippen molar-refractivity contribution in [2.24, 2.45) is 5.73 Å². The van der Waals surface area contributed by atoms with Crippen LogP contribution in [-0.4, -0.2) is 24.9 Å². The van der Waals surface area contributed by atoms with Gasteiger partial charge in [-0.05, 0) is 23.6 Å². The lowest BCUT2D eigenvalue weighted by atomic mass is 9.98. The number of benzene rings is 1. The first-order valence-electron chi connectivity index (χ1n) is 5.66. The molecule has 1 aromatic rings. The molecule has 1 aliphatic heterocycles. The highest BCUT2D eigenvalue weighted by atomic mass is 35.5. The standard InChI is InChI=1S/C12H16ClNO3/c1-2-7-8(9(14)6-15)5-10-12(11(7)13)17-4-3-16-10/h5,9,15H,2-4,6,14H2,1H3. The molecule has 94 valence electrons. The Morgan fingerprint density at radius 3 is 2.82 bits per heavy atom. The van der Waals surface area contributed by atoms with Gasteiger partial charge in [0.2, 0.25) is 0 Å². The van der Waals surface area contributed by atoms with E-state index in [1.807, 2.05) is 13.0 Å². The van der Waals surface area contributed by atoms with E-state index in [-0.39, 0.29) is 6.61 Å². The highest BCUT2D eigenvalue weighted by Crippen LogP contribution is 2.42. The van der Waals surface area contributed by atoms with Crippen molar-refractivity contribution in [2.45, 2.75) is 19.4 Å². The van der Waals surface area contributed by atoms with E-state index in [1.165, 1.54) is 0 Å². The number of nitrogens with two attached hydrogens (primary N) is 1. The number of aliphatic hydroxyl groups excluding tert-OH is 1. The van der Waals surface area contributed by atoms with Crippen LogP contribution in [0.15, 0.2) is 6.07 Å². The van der Waals surface area contributed by atoms with Crippen molar-refractivity contribution >= 4 is 11.6 Å². The van der Waals surface area contributed by atoms with Crippen molar-refractivity contribution in [2.75, 3.05) is 19.8 Å². The van der Waals surface area contributed by atoms with Gasteiger partial charge >= 0.3 is 0 Å². The molecule has 4 nitrogen and oxygen atoms in total. The number of hydrogen-bond acceptors (Lipinski definition) is 4. The van der Waals surface area contributed by atoms with Gasteiger partial charge in [-0.25, -0.2) is 0 Å². The summed E-state index contributed by atoms with van der Waals surface area (Å²) in [7, 11) is 0. The number of fused-ring (bicyclic) bond motifs is 1. The van der Waals surface area contributed by atoms with Gasteiger partial charge in [0.1, 0.15) is 13.2 Å². The lowest BCUT2D eigenvalue weighted by molar-refractivity contribution is 0.171. The molecule has 0 spiro atoms. The highest BCUT2D eigenvalue weighted by molar-refractivity contribution is 6.33. The van der Waals surface area contributed by atoms with Crippen molar-refractivity contribution in [1.82, 2.24) is 0 Å². The Balaban J connectivity index is 2.55. The van der Waals surface area contributed by atoms with E-state index in [4.69, 9.17) is 31.9 Å². The van der Waals surface area contributed by atoms with Crippen molar-refractivity contribution in [3.63, 3.8) is 0 Å². The molecule has 1 atom stereocenters. The van der Waals surface area contributed by atoms with E-state index in [2.05, 4.69) is 0 Å². The average molecular weight is 258 g/mol. The molecule has 1 aromatic carbocycles. The number of aliphatic hydroxyl groups is 1. The Morgan fingerprint density at radius 2 is 2.18 bits per heavy atom. The molecule has 5 heteroatoms. The molecule has 0 aliphatic carbocycles. The smallest absolute Gasteiger partial charge is 0.180 e. The zero-order valence-corrected chi connectivity index (χ0v) is 10.5. The predicted octanol–water partition coefficient (Wildman–Crippen LogP) is 1.67. The van der Waals surface area contributed by atoms with Crippen LogP contribution in [0.3, 0.4) is 0 Å². The largest absolute Gasteiger partial charge is 0.486 e. The third-order valence-electron chi connectivity index (χ3n) is 2.86. The van der Waals surface area contributed by atoms with Crippen LogP contribution in [0.5, 0.6) is 11.5 Å². The lowest BCUT2D eigenvalue weighted by Gasteiger charge is -2.24. The van der Waals surface area contributed by atoms with E-state index < -0.39 is 6.04 Å². The molecule has 0 aromatic heterocycles. The molecule has 2 rings (SSSR count). The summed E-state index contributed by atoms with van der Waals surface area (Å²) in [6.45, 7) is 2.87. The molecule has 17 heavy (non-hydrogen) atoms. The maximum absolute atomic E-state index is 9.16. The second-order valence-electron chi connectivity index (χ2n) is 3.93. The number of halogens is 1. The number of hydrogen-bond donors (Lipinski definition) is 2. The van der Waals surface area contributed by atoms with Gasteiger partial charge in [0.25, 0.3) is 0 Å². The van der Waals surface area contributed by atoms with Crippen molar-refractivity contribution < 1.29 is 14.6 Å². The molecule has 0 fully saturated rings. The minimum Gasteiger partial charge on any atom is -0.486 e. The topological polar surface area (TPSA) is 64.7 Å². The fourth-order valence-corrected chi connectivity index (χ4v) is 2.38. The van der Waals surface area contributed by atoms with E-state index in [0.29, 0.717) is 29.7 Å². The third kappa shape index (κ3) is 2.20. The predicted molar refractivity (Wildman–Crippen MR) is 65.8 cm³/mol. The van der Waals surface area contributed by atoms with E-state index in [1.54, 1.807) is 0 Å². The Morgan fingerprint density at radius 1 is 1.47 bits per heavy atom. The van der Waals surface area contributed by atoms with Crippen LogP contribution in [0.2, 0.25) is 5.02 Å². The quantitative estimate of drug-likeness (QED) is 0.865. The Bertz CT molecular complexity index is 423. The first-order valence-corrected chi connectivity index (χ1v) is 6.04. The zero-order valence-electron chi connectivity index (χ0n) is 9.70. The van der Waals surface area contributed by atoms with Gasteiger partial charge in [0.05, 0.1) is 17.7 Å². The summed E-state index contributed by atoms with van der Waals surface area (Å²) in [5, 5.41) is 9.71. The van der Waals surface area contributed by atoms with Crippen molar-refractivity contribution in [1.29, 1.82) is 0 Å². The van der Waals surface area contributed by atoms with Crippen LogP contribution >= 0.6 is 11.6 Å². The summed E-state index contributed by atoms with van der Waals surface area (Å²) in [4.78, 5) is 0. The normalized spacial score (nSPS) is 15.8. The van der Waals surface area contributed by atoms with E-state index in [0.717, 1.165) is 17.5 Å². The average Bonchev–Trinajstić information content (AvgIpc) is 2.37. The maximum Gasteiger partial charge on any atom is 0.180 e. The van der Waals surface area contributed by atoms with Gasteiger partial charge in [0, 0.05) is 0 Å². The molecule has 3 N–H and O–H groups in total. The van der Waals surface area contributed by atoms with Crippen LogP contribution < -0.4 is 15.2 Å². The summed E-state index contributed by atoms with van der Waals surface area (Å²) in [6, 6.07) is 1.37. The fourth-order valence-electron chi connectivity index (χ4n) is 1.99. The van der Waals surface area contributed by atoms with Crippen LogP contribution in [0, 0.1) is 0 Å². The van der Waals surface area contributed by atoms with Gasteiger partial charge in [-0.3, -0.25) is 0 Å². The molecule has 0 radical (unpaired) electrons. The van der Waals surface area contributed by atoms with Gasteiger partial charge in [-0.2, -0.15) is 0 Å². The molecule has 1 aliphatic rings. The molecule has 0 saturated carbocycles. The van der Waals surface area contributed by atoms with Crippen LogP contribution in [0.25, 0.3) is 0 Å². The minimum absolute atomic E-state index is 0.122. The van der Waals surface area contributed by atoms with Gasteiger partial charge in [0.15, 0.2) is 11.5 Å². The molecule has 1 heterocycles. The molecule has 1 unspecified atom stereocenters. The minimum atomic E-state index is -0.446.